The summed E-state index contributed by atoms with van der Waals surface area (Å²) in [6.07, 6.45) is 24.7. The molecule has 0 bridgehead atoms. The van der Waals surface area contributed by atoms with Crippen LogP contribution in [0.25, 0.3) is 0 Å². The molecule has 4 unspecified atom stereocenters. The fourth-order valence-corrected chi connectivity index (χ4v) is 5.65. The molecule has 256 valence electrons. The predicted octanol–water partition coefficient (Wildman–Crippen LogP) is 15.5. The summed E-state index contributed by atoms with van der Waals surface area (Å²) in [4.78, 5) is 0. The standard InChI is InChI=1S/4C10H16.4BrH/c4*1-8(2)10-6-4-9(3)5-7-10;;;;/h4*4,10H,1,5-7H2,2-3H3;4*1H. The van der Waals surface area contributed by atoms with Gasteiger partial charge in [0.25, 0.3) is 0 Å². The van der Waals surface area contributed by atoms with Gasteiger partial charge in [-0.3, -0.25) is 0 Å². The van der Waals surface area contributed by atoms with Crippen molar-refractivity contribution in [3.8, 4) is 0 Å². The third kappa shape index (κ3) is 22.4. The van der Waals surface area contributed by atoms with E-state index in [0.717, 1.165) is 23.7 Å². The molecule has 0 spiro atoms. The van der Waals surface area contributed by atoms with Gasteiger partial charge in [0.05, 0.1) is 0 Å². The average molecular weight is 869 g/mol. The van der Waals surface area contributed by atoms with Gasteiger partial charge in [-0.1, -0.05) is 95.2 Å². The van der Waals surface area contributed by atoms with Gasteiger partial charge in [0.2, 0.25) is 0 Å². The van der Waals surface area contributed by atoms with Crippen LogP contribution in [-0.4, -0.2) is 0 Å². The van der Waals surface area contributed by atoms with Crippen LogP contribution in [0.4, 0.5) is 0 Å². The van der Waals surface area contributed by atoms with Gasteiger partial charge >= 0.3 is 0 Å². The van der Waals surface area contributed by atoms with Crippen LogP contribution in [0.3, 0.4) is 0 Å². The van der Waals surface area contributed by atoms with Gasteiger partial charge < -0.3 is 0 Å². The number of rotatable bonds is 4. The van der Waals surface area contributed by atoms with Crippen molar-refractivity contribution < 1.29 is 0 Å². The normalized spacial score (nSPS) is 23.5. The van der Waals surface area contributed by atoms with Crippen LogP contribution in [0.2, 0.25) is 0 Å². The molecule has 0 radical (unpaired) electrons. The van der Waals surface area contributed by atoms with Crippen molar-refractivity contribution in [3.63, 3.8) is 0 Å². The first-order valence-electron chi connectivity index (χ1n) is 16.0. The molecule has 0 heterocycles. The first-order valence-corrected chi connectivity index (χ1v) is 16.0. The summed E-state index contributed by atoms with van der Waals surface area (Å²) in [6, 6.07) is 0. The number of allylic oxidation sites excluding steroid dienone is 12. The summed E-state index contributed by atoms with van der Waals surface area (Å²) >= 11 is 0. The fraction of sp³-hybridized carbons (Fsp3) is 0.600. The smallest absolute Gasteiger partial charge is 0.0171 e. The molecule has 0 nitrogen and oxygen atoms in total. The maximum atomic E-state index is 3.97. The predicted molar refractivity (Wildman–Crippen MR) is 225 cm³/mol. The van der Waals surface area contributed by atoms with Gasteiger partial charge in [0.1, 0.15) is 0 Å². The van der Waals surface area contributed by atoms with E-state index >= 15 is 0 Å². The highest BCUT2D eigenvalue weighted by Gasteiger charge is 2.14. The van der Waals surface area contributed by atoms with Crippen LogP contribution in [0.15, 0.2) is 95.2 Å². The Kier molecular flexibility index (Phi) is 32.1. The first kappa shape index (κ1) is 50.7. The highest BCUT2D eigenvalue weighted by molar-refractivity contribution is 8.93. The second-order valence-corrected chi connectivity index (χ2v) is 13.5. The van der Waals surface area contributed by atoms with Crippen molar-refractivity contribution in [2.75, 3.05) is 0 Å². The first-order chi connectivity index (χ1) is 18.8. The molecule has 0 aromatic heterocycles. The Morgan fingerprint density at radius 1 is 0.409 bits per heavy atom. The largest absolute Gasteiger partial charge is 0.114 e. The van der Waals surface area contributed by atoms with E-state index in [4.69, 9.17) is 0 Å². The molecular formula is C40H68Br4. The van der Waals surface area contributed by atoms with E-state index in [1.165, 1.54) is 99.3 Å². The van der Waals surface area contributed by atoms with E-state index < -0.39 is 0 Å². The molecule has 0 saturated carbocycles. The SMILES string of the molecule is Br.Br.Br.Br.C=C(C)C1CC=C(C)CC1.C=C(C)C1CC=C(C)CC1.C=C(C)C1CC=C(C)CC1.C=C(C)C1CC=C(C)CC1. The minimum Gasteiger partial charge on any atom is -0.114 e. The Labute approximate surface area is 317 Å². The van der Waals surface area contributed by atoms with E-state index in [9.17, 15) is 0 Å². The van der Waals surface area contributed by atoms with Crippen LogP contribution in [0.5, 0.6) is 0 Å². The Bertz CT molecular complexity index is 831. The quantitative estimate of drug-likeness (QED) is 0.247. The van der Waals surface area contributed by atoms with Gasteiger partial charge in [-0.2, -0.15) is 0 Å². The zero-order valence-corrected chi connectivity index (χ0v) is 36.4. The lowest BCUT2D eigenvalue weighted by Crippen LogP contribution is -2.04. The summed E-state index contributed by atoms with van der Waals surface area (Å²) < 4.78 is 0. The third-order valence-corrected chi connectivity index (χ3v) is 9.34. The van der Waals surface area contributed by atoms with E-state index in [0.29, 0.717) is 0 Å². The van der Waals surface area contributed by atoms with Gasteiger partial charge in [0, 0.05) is 0 Å². The molecule has 0 aromatic carbocycles. The molecular weight excluding hydrogens is 800 g/mol. The zero-order valence-electron chi connectivity index (χ0n) is 29.6. The lowest BCUT2D eigenvalue weighted by Gasteiger charge is -2.19. The summed E-state index contributed by atoms with van der Waals surface area (Å²) in [5.41, 5.74) is 11.6. The Balaban J connectivity index is -0.000000235. The molecule has 44 heavy (non-hydrogen) atoms. The molecule has 4 aliphatic carbocycles. The summed E-state index contributed by atoms with van der Waals surface area (Å²) in [7, 11) is 0. The fourth-order valence-electron chi connectivity index (χ4n) is 5.65. The zero-order chi connectivity index (χ0) is 30.2. The number of hydrogen-bond donors (Lipinski definition) is 0. The Hall–Kier alpha value is -0.160. The summed E-state index contributed by atoms with van der Waals surface area (Å²) in [6.45, 7) is 33.3. The minimum absolute atomic E-state index is 0. The molecule has 4 heteroatoms. The van der Waals surface area contributed by atoms with Crippen molar-refractivity contribution >= 4 is 67.9 Å². The van der Waals surface area contributed by atoms with Crippen LogP contribution in [-0.2, 0) is 0 Å². The van der Waals surface area contributed by atoms with Crippen molar-refractivity contribution in [2.24, 2.45) is 23.7 Å². The maximum Gasteiger partial charge on any atom is -0.0171 e. The average Bonchev–Trinajstić information content (AvgIpc) is 2.91. The van der Waals surface area contributed by atoms with E-state index in [2.05, 4.69) is 106 Å². The number of halogens is 4. The van der Waals surface area contributed by atoms with Crippen LogP contribution >= 0.6 is 67.9 Å². The van der Waals surface area contributed by atoms with Gasteiger partial charge in [-0.05, 0) is 156 Å². The summed E-state index contributed by atoms with van der Waals surface area (Å²) in [5, 5.41) is 0. The molecule has 4 aliphatic rings. The van der Waals surface area contributed by atoms with E-state index in [-0.39, 0.29) is 67.9 Å². The van der Waals surface area contributed by atoms with Crippen LogP contribution < -0.4 is 0 Å². The second-order valence-electron chi connectivity index (χ2n) is 13.5. The minimum atomic E-state index is 0. The van der Waals surface area contributed by atoms with Crippen molar-refractivity contribution in [2.45, 2.75) is 132 Å². The van der Waals surface area contributed by atoms with Crippen molar-refractivity contribution in [3.05, 3.63) is 95.2 Å². The number of hydrogen-bond acceptors (Lipinski definition) is 0. The Morgan fingerprint density at radius 3 is 0.659 bits per heavy atom. The molecule has 0 N–H and O–H groups in total. The van der Waals surface area contributed by atoms with Crippen molar-refractivity contribution in [1.82, 2.24) is 0 Å². The highest BCUT2D eigenvalue weighted by atomic mass is 79.9. The lowest BCUT2D eigenvalue weighted by atomic mass is 9.86. The molecule has 0 aromatic rings. The van der Waals surface area contributed by atoms with Gasteiger partial charge in [-0.25, -0.2) is 0 Å². The third-order valence-electron chi connectivity index (χ3n) is 9.34. The maximum absolute atomic E-state index is 3.97. The molecule has 0 saturated heterocycles. The van der Waals surface area contributed by atoms with Crippen LogP contribution in [0, 0.1) is 23.7 Å². The van der Waals surface area contributed by atoms with Gasteiger partial charge in [-0.15, -0.1) is 67.9 Å². The molecule has 0 amide bonds. The topological polar surface area (TPSA) is 0 Å². The van der Waals surface area contributed by atoms with Gasteiger partial charge in [0.15, 0.2) is 0 Å². The summed E-state index contributed by atoms with van der Waals surface area (Å²) in [5.74, 6) is 3.07. The second kappa shape index (κ2) is 27.9. The molecule has 0 aliphatic heterocycles. The lowest BCUT2D eigenvalue weighted by molar-refractivity contribution is 0.540. The monoisotopic (exact) mass is 864 g/mol. The molecule has 0 fully saturated rings. The van der Waals surface area contributed by atoms with E-state index in [1.807, 2.05) is 0 Å². The molecule has 4 rings (SSSR count). The highest BCUT2D eigenvalue weighted by Crippen LogP contribution is 2.30. The molecule has 4 atom stereocenters. The Morgan fingerprint density at radius 2 is 0.568 bits per heavy atom. The van der Waals surface area contributed by atoms with E-state index in [1.54, 1.807) is 22.3 Å². The van der Waals surface area contributed by atoms with Crippen LogP contribution in [0.1, 0.15) is 132 Å². The van der Waals surface area contributed by atoms with Crippen molar-refractivity contribution in [1.29, 1.82) is 0 Å².